The van der Waals surface area contributed by atoms with E-state index in [0.717, 1.165) is 22.7 Å². The SMILES string of the molecule is Cc1ccc(C(=O)OCc2ccc(OCc3nccn3C)cc2)cc1. The van der Waals surface area contributed by atoms with Gasteiger partial charge in [-0.25, -0.2) is 9.78 Å². The molecule has 0 saturated carbocycles. The zero-order valence-electron chi connectivity index (χ0n) is 14.3. The first kappa shape index (κ1) is 16.8. The van der Waals surface area contributed by atoms with Crippen LogP contribution in [0.15, 0.2) is 60.9 Å². The highest BCUT2D eigenvalue weighted by Crippen LogP contribution is 2.15. The van der Waals surface area contributed by atoms with Crippen LogP contribution in [0.5, 0.6) is 5.75 Å². The molecule has 5 nitrogen and oxygen atoms in total. The minimum atomic E-state index is -0.324. The topological polar surface area (TPSA) is 53.4 Å². The lowest BCUT2D eigenvalue weighted by molar-refractivity contribution is 0.0472. The summed E-state index contributed by atoms with van der Waals surface area (Å²) in [6.45, 7) is 2.62. The van der Waals surface area contributed by atoms with Crippen LogP contribution in [0.3, 0.4) is 0 Å². The van der Waals surface area contributed by atoms with Gasteiger partial charge in [-0.2, -0.15) is 0 Å². The molecule has 0 aliphatic carbocycles. The van der Waals surface area contributed by atoms with Gasteiger partial charge in [0.15, 0.2) is 0 Å². The number of esters is 1. The van der Waals surface area contributed by atoms with E-state index in [4.69, 9.17) is 9.47 Å². The summed E-state index contributed by atoms with van der Waals surface area (Å²) >= 11 is 0. The Morgan fingerprint density at radius 1 is 1.04 bits per heavy atom. The Labute approximate surface area is 146 Å². The number of hydrogen-bond donors (Lipinski definition) is 0. The maximum atomic E-state index is 12.0. The Kier molecular flexibility index (Phi) is 5.14. The highest BCUT2D eigenvalue weighted by Gasteiger charge is 2.07. The maximum absolute atomic E-state index is 12.0. The first-order valence-corrected chi connectivity index (χ1v) is 8.03. The summed E-state index contributed by atoms with van der Waals surface area (Å²) in [6.07, 6.45) is 3.62. The summed E-state index contributed by atoms with van der Waals surface area (Å²) in [5.74, 6) is 1.28. The molecule has 1 heterocycles. The van der Waals surface area contributed by atoms with Gasteiger partial charge < -0.3 is 14.0 Å². The van der Waals surface area contributed by atoms with Crippen LogP contribution in [0.4, 0.5) is 0 Å². The quantitative estimate of drug-likeness (QED) is 0.645. The zero-order valence-corrected chi connectivity index (χ0v) is 14.3. The lowest BCUT2D eigenvalue weighted by atomic mass is 10.1. The maximum Gasteiger partial charge on any atom is 0.338 e. The van der Waals surface area contributed by atoms with Gasteiger partial charge in [-0.15, -0.1) is 0 Å². The predicted octanol–water partition coefficient (Wildman–Crippen LogP) is 3.66. The Balaban J connectivity index is 1.51. The van der Waals surface area contributed by atoms with Crippen LogP contribution in [-0.4, -0.2) is 15.5 Å². The second-order valence-corrected chi connectivity index (χ2v) is 5.83. The van der Waals surface area contributed by atoms with Crippen LogP contribution in [0, 0.1) is 6.92 Å². The van der Waals surface area contributed by atoms with Gasteiger partial charge in [0.2, 0.25) is 0 Å². The number of hydrogen-bond acceptors (Lipinski definition) is 4. The number of ether oxygens (including phenoxy) is 2. The van der Waals surface area contributed by atoms with E-state index in [0.29, 0.717) is 12.2 Å². The zero-order chi connectivity index (χ0) is 17.6. The first-order chi connectivity index (χ1) is 12.1. The molecular formula is C20H20N2O3. The summed E-state index contributed by atoms with van der Waals surface area (Å²) in [7, 11) is 1.93. The minimum absolute atomic E-state index is 0.229. The van der Waals surface area contributed by atoms with Gasteiger partial charge in [-0.3, -0.25) is 0 Å². The summed E-state index contributed by atoms with van der Waals surface area (Å²) in [6, 6.07) is 14.8. The molecule has 0 unspecified atom stereocenters. The summed E-state index contributed by atoms with van der Waals surface area (Å²) in [5, 5.41) is 0. The molecule has 0 aliphatic heterocycles. The molecule has 0 saturated heterocycles. The number of imidazole rings is 1. The third-order valence-corrected chi connectivity index (χ3v) is 3.87. The van der Waals surface area contributed by atoms with Crippen molar-refractivity contribution in [2.75, 3.05) is 0 Å². The molecule has 25 heavy (non-hydrogen) atoms. The summed E-state index contributed by atoms with van der Waals surface area (Å²) < 4.78 is 13.0. The van der Waals surface area contributed by atoms with E-state index in [1.807, 2.05) is 61.1 Å². The van der Waals surface area contributed by atoms with E-state index in [-0.39, 0.29) is 12.6 Å². The second-order valence-electron chi connectivity index (χ2n) is 5.83. The van der Waals surface area contributed by atoms with Gasteiger partial charge in [-0.05, 0) is 36.8 Å². The van der Waals surface area contributed by atoms with Gasteiger partial charge in [0.25, 0.3) is 0 Å². The highest BCUT2D eigenvalue weighted by atomic mass is 16.5. The first-order valence-electron chi connectivity index (χ1n) is 8.03. The fourth-order valence-corrected chi connectivity index (χ4v) is 2.29. The largest absolute Gasteiger partial charge is 0.486 e. The highest BCUT2D eigenvalue weighted by molar-refractivity contribution is 5.89. The fraction of sp³-hybridized carbons (Fsp3) is 0.200. The molecule has 0 radical (unpaired) electrons. The average Bonchev–Trinajstić information content (AvgIpc) is 3.04. The van der Waals surface area contributed by atoms with Gasteiger partial charge in [0.05, 0.1) is 5.56 Å². The van der Waals surface area contributed by atoms with Crippen LogP contribution in [0.1, 0.15) is 27.3 Å². The van der Waals surface area contributed by atoms with Crippen molar-refractivity contribution in [1.29, 1.82) is 0 Å². The number of nitrogens with zero attached hydrogens (tertiary/aromatic N) is 2. The summed E-state index contributed by atoms with van der Waals surface area (Å²) in [5.41, 5.74) is 2.57. The molecule has 3 aromatic rings. The molecule has 128 valence electrons. The molecule has 0 atom stereocenters. The molecule has 5 heteroatoms. The average molecular weight is 336 g/mol. The minimum Gasteiger partial charge on any atom is -0.486 e. The molecular weight excluding hydrogens is 316 g/mol. The van der Waals surface area contributed by atoms with Crippen molar-refractivity contribution >= 4 is 5.97 Å². The van der Waals surface area contributed by atoms with Crippen molar-refractivity contribution in [3.05, 3.63) is 83.4 Å². The van der Waals surface area contributed by atoms with E-state index >= 15 is 0 Å². The number of carbonyl (C=O) groups excluding carboxylic acids is 1. The van der Waals surface area contributed by atoms with Gasteiger partial charge in [0, 0.05) is 19.4 Å². The lowest BCUT2D eigenvalue weighted by Gasteiger charge is -2.08. The molecule has 0 aliphatic rings. The third-order valence-electron chi connectivity index (χ3n) is 3.87. The molecule has 0 amide bonds. The van der Waals surface area contributed by atoms with Crippen LogP contribution in [0.2, 0.25) is 0 Å². The van der Waals surface area contributed by atoms with Crippen molar-refractivity contribution in [2.24, 2.45) is 7.05 Å². The van der Waals surface area contributed by atoms with Crippen LogP contribution < -0.4 is 4.74 Å². The Morgan fingerprint density at radius 2 is 1.76 bits per heavy atom. The van der Waals surface area contributed by atoms with Crippen molar-refractivity contribution in [3.8, 4) is 5.75 Å². The van der Waals surface area contributed by atoms with Crippen LogP contribution >= 0.6 is 0 Å². The molecule has 3 rings (SSSR count). The Bertz CT molecular complexity index is 836. The molecule has 2 aromatic carbocycles. The predicted molar refractivity (Wildman–Crippen MR) is 94.3 cm³/mol. The number of aryl methyl sites for hydroxylation is 2. The van der Waals surface area contributed by atoms with Gasteiger partial charge in [0.1, 0.15) is 24.8 Å². The molecule has 1 aromatic heterocycles. The fourth-order valence-electron chi connectivity index (χ4n) is 2.29. The molecule has 0 spiro atoms. The lowest BCUT2D eigenvalue weighted by Crippen LogP contribution is -2.05. The molecule has 0 bridgehead atoms. The standard InChI is InChI=1S/C20H20N2O3/c1-15-3-7-17(8-4-15)20(23)25-13-16-5-9-18(10-6-16)24-14-19-21-11-12-22(19)2/h3-12H,13-14H2,1-2H3. The van der Waals surface area contributed by atoms with Crippen molar-refractivity contribution < 1.29 is 14.3 Å². The van der Waals surface area contributed by atoms with Crippen molar-refractivity contribution in [2.45, 2.75) is 20.1 Å². The van der Waals surface area contributed by atoms with E-state index in [9.17, 15) is 4.79 Å². The van der Waals surface area contributed by atoms with E-state index in [2.05, 4.69) is 4.98 Å². The van der Waals surface area contributed by atoms with E-state index < -0.39 is 0 Å². The normalized spacial score (nSPS) is 10.5. The summed E-state index contributed by atoms with van der Waals surface area (Å²) in [4.78, 5) is 16.2. The molecule has 0 fully saturated rings. The monoisotopic (exact) mass is 336 g/mol. The molecule has 0 N–H and O–H groups in total. The van der Waals surface area contributed by atoms with Crippen LogP contribution in [0.25, 0.3) is 0 Å². The third kappa shape index (κ3) is 4.47. The van der Waals surface area contributed by atoms with Crippen molar-refractivity contribution in [1.82, 2.24) is 9.55 Å². The van der Waals surface area contributed by atoms with E-state index in [1.165, 1.54) is 0 Å². The van der Waals surface area contributed by atoms with Crippen molar-refractivity contribution in [3.63, 3.8) is 0 Å². The number of rotatable bonds is 6. The number of benzene rings is 2. The Morgan fingerprint density at radius 3 is 2.40 bits per heavy atom. The smallest absolute Gasteiger partial charge is 0.338 e. The second kappa shape index (κ2) is 7.66. The Hall–Kier alpha value is -3.08. The van der Waals surface area contributed by atoms with Crippen LogP contribution in [-0.2, 0) is 25.0 Å². The number of aromatic nitrogens is 2. The van der Waals surface area contributed by atoms with E-state index in [1.54, 1.807) is 18.3 Å². The number of carbonyl (C=O) groups is 1. The van der Waals surface area contributed by atoms with Gasteiger partial charge >= 0.3 is 5.97 Å². The van der Waals surface area contributed by atoms with Gasteiger partial charge in [-0.1, -0.05) is 29.8 Å².